The number of hydrogen-bond donors (Lipinski definition) is 1. The summed E-state index contributed by atoms with van der Waals surface area (Å²) in [6, 6.07) is 28.8. The SMILES string of the molecule is COc1cccc(CN2CC(C(=O)Nc3ccccc3)CCC2c2ccccc2)c1. The van der Waals surface area contributed by atoms with E-state index in [2.05, 4.69) is 52.7 Å². The number of anilines is 1. The Morgan fingerprint density at radius 3 is 2.43 bits per heavy atom. The number of para-hydroxylation sites is 1. The van der Waals surface area contributed by atoms with Gasteiger partial charge in [-0.15, -0.1) is 0 Å². The summed E-state index contributed by atoms with van der Waals surface area (Å²) in [4.78, 5) is 15.4. The molecule has 1 fully saturated rings. The minimum Gasteiger partial charge on any atom is -0.497 e. The molecule has 1 aliphatic rings. The highest BCUT2D eigenvalue weighted by Gasteiger charge is 2.33. The first-order valence-electron chi connectivity index (χ1n) is 10.5. The molecule has 30 heavy (non-hydrogen) atoms. The van der Waals surface area contributed by atoms with Gasteiger partial charge in [0, 0.05) is 24.8 Å². The van der Waals surface area contributed by atoms with Crippen LogP contribution in [-0.2, 0) is 11.3 Å². The van der Waals surface area contributed by atoms with Crippen molar-refractivity contribution in [3.05, 3.63) is 96.1 Å². The van der Waals surface area contributed by atoms with E-state index in [1.165, 1.54) is 11.1 Å². The third-order valence-electron chi connectivity index (χ3n) is 5.80. The number of nitrogens with zero attached hydrogens (tertiary/aromatic N) is 1. The van der Waals surface area contributed by atoms with Gasteiger partial charge in [-0.1, -0.05) is 60.7 Å². The molecule has 1 amide bonds. The summed E-state index contributed by atoms with van der Waals surface area (Å²) < 4.78 is 5.40. The largest absolute Gasteiger partial charge is 0.497 e. The summed E-state index contributed by atoms with van der Waals surface area (Å²) in [5.74, 6) is 0.929. The van der Waals surface area contributed by atoms with Gasteiger partial charge in [0.05, 0.1) is 13.0 Å². The van der Waals surface area contributed by atoms with Crippen LogP contribution >= 0.6 is 0 Å². The molecule has 0 spiro atoms. The summed E-state index contributed by atoms with van der Waals surface area (Å²) in [5, 5.41) is 3.08. The van der Waals surface area contributed by atoms with Crippen LogP contribution in [0.2, 0.25) is 0 Å². The standard InChI is InChI=1S/C26H28N2O2/c1-30-24-14-8-9-20(17-24)18-28-19-22(26(29)27-23-12-6-3-7-13-23)15-16-25(28)21-10-4-2-5-11-21/h2-14,17,22,25H,15-16,18-19H2,1H3,(H,27,29). The lowest BCUT2D eigenvalue weighted by Crippen LogP contribution is -2.42. The van der Waals surface area contributed by atoms with Crippen molar-refractivity contribution in [2.45, 2.75) is 25.4 Å². The van der Waals surface area contributed by atoms with E-state index in [0.29, 0.717) is 6.04 Å². The molecule has 0 aromatic heterocycles. The normalized spacial score (nSPS) is 19.2. The molecule has 2 unspecified atom stereocenters. The van der Waals surface area contributed by atoms with Crippen molar-refractivity contribution in [3.63, 3.8) is 0 Å². The molecule has 2 atom stereocenters. The minimum atomic E-state index is -0.0317. The van der Waals surface area contributed by atoms with E-state index in [9.17, 15) is 4.79 Å². The maximum atomic E-state index is 13.0. The van der Waals surface area contributed by atoms with Gasteiger partial charge in [0.25, 0.3) is 0 Å². The molecule has 0 aliphatic carbocycles. The molecule has 0 saturated carbocycles. The van der Waals surface area contributed by atoms with Crippen LogP contribution in [0.15, 0.2) is 84.9 Å². The third kappa shape index (κ3) is 4.89. The van der Waals surface area contributed by atoms with Crippen molar-refractivity contribution >= 4 is 11.6 Å². The summed E-state index contributed by atoms with van der Waals surface area (Å²) in [5.41, 5.74) is 3.36. The number of methoxy groups -OCH3 is 1. The number of piperidine rings is 1. The first kappa shape index (κ1) is 20.2. The lowest BCUT2D eigenvalue weighted by Gasteiger charge is -2.39. The summed E-state index contributed by atoms with van der Waals surface area (Å²) in [6.45, 7) is 1.52. The van der Waals surface area contributed by atoms with E-state index in [1.54, 1.807) is 7.11 Å². The number of nitrogens with one attached hydrogen (secondary N) is 1. The molecule has 0 radical (unpaired) electrons. The van der Waals surface area contributed by atoms with Gasteiger partial charge in [0.1, 0.15) is 5.75 Å². The Balaban J connectivity index is 1.53. The Morgan fingerprint density at radius 2 is 1.70 bits per heavy atom. The fraction of sp³-hybridized carbons (Fsp3) is 0.269. The first-order chi connectivity index (χ1) is 14.7. The average Bonchev–Trinajstić information content (AvgIpc) is 2.80. The smallest absolute Gasteiger partial charge is 0.228 e. The predicted molar refractivity (Wildman–Crippen MR) is 120 cm³/mol. The van der Waals surface area contributed by atoms with E-state index in [1.807, 2.05) is 42.5 Å². The zero-order valence-electron chi connectivity index (χ0n) is 17.3. The Morgan fingerprint density at radius 1 is 0.967 bits per heavy atom. The maximum absolute atomic E-state index is 13.0. The molecule has 3 aromatic carbocycles. The molecule has 1 aliphatic heterocycles. The fourth-order valence-corrected chi connectivity index (χ4v) is 4.26. The molecule has 0 bridgehead atoms. The van der Waals surface area contributed by atoms with E-state index in [4.69, 9.17) is 4.74 Å². The van der Waals surface area contributed by atoms with Crippen LogP contribution in [0.3, 0.4) is 0 Å². The van der Waals surface area contributed by atoms with E-state index in [-0.39, 0.29) is 11.8 Å². The van der Waals surface area contributed by atoms with E-state index >= 15 is 0 Å². The van der Waals surface area contributed by atoms with Gasteiger partial charge in [-0.05, 0) is 48.2 Å². The average molecular weight is 401 g/mol. The lowest BCUT2D eigenvalue weighted by molar-refractivity contribution is -0.122. The van der Waals surface area contributed by atoms with Crippen LogP contribution in [0.25, 0.3) is 0 Å². The second-order valence-electron chi connectivity index (χ2n) is 7.84. The number of rotatable bonds is 6. The van der Waals surface area contributed by atoms with Gasteiger partial charge < -0.3 is 10.1 Å². The van der Waals surface area contributed by atoms with Crippen molar-refractivity contribution in [3.8, 4) is 5.75 Å². The highest BCUT2D eigenvalue weighted by molar-refractivity contribution is 5.92. The van der Waals surface area contributed by atoms with Crippen LogP contribution in [0.5, 0.6) is 5.75 Å². The summed E-state index contributed by atoms with van der Waals surface area (Å²) >= 11 is 0. The lowest BCUT2D eigenvalue weighted by atomic mass is 9.88. The second kappa shape index (κ2) is 9.59. The van der Waals surface area contributed by atoms with Crippen LogP contribution in [0.4, 0.5) is 5.69 Å². The molecule has 4 nitrogen and oxygen atoms in total. The Bertz CT molecular complexity index is 959. The Kier molecular flexibility index (Phi) is 6.45. The van der Waals surface area contributed by atoms with Crippen molar-refractivity contribution in [2.24, 2.45) is 5.92 Å². The van der Waals surface area contributed by atoms with Crippen molar-refractivity contribution in [1.82, 2.24) is 4.90 Å². The molecule has 1 N–H and O–H groups in total. The number of amides is 1. The molecule has 4 rings (SSSR count). The number of ether oxygens (including phenoxy) is 1. The zero-order valence-corrected chi connectivity index (χ0v) is 17.3. The van der Waals surface area contributed by atoms with Crippen LogP contribution in [-0.4, -0.2) is 24.5 Å². The first-order valence-corrected chi connectivity index (χ1v) is 10.5. The number of likely N-dealkylation sites (tertiary alicyclic amines) is 1. The predicted octanol–water partition coefficient (Wildman–Crippen LogP) is 5.29. The van der Waals surface area contributed by atoms with Crippen LogP contribution in [0.1, 0.15) is 30.0 Å². The quantitative estimate of drug-likeness (QED) is 0.611. The van der Waals surface area contributed by atoms with Gasteiger partial charge in [-0.2, -0.15) is 0 Å². The molecular formula is C26H28N2O2. The van der Waals surface area contributed by atoms with Gasteiger partial charge in [0.15, 0.2) is 0 Å². The molecule has 1 saturated heterocycles. The number of carbonyl (C=O) groups is 1. The van der Waals surface area contributed by atoms with E-state index < -0.39 is 0 Å². The van der Waals surface area contributed by atoms with Crippen LogP contribution in [0, 0.1) is 5.92 Å². The molecule has 1 heterocycles. The third-order valence-corrected chi connectivity index (χ3v) is 5.80. The van der Waals surface area contributed by atoms with Crippen molar-refractivity contribution in [2.75, 3.05) is 19.0 Å². The Labute approximate surface area is 178 Å². The molecular weight excluding hydrogens is 372 g/mol. The molecule has 154 valence electrons. The highest BCUT2D eigenvalue weighted by Crippen LogP contribution is 2.35. The van der Waals surface area contributed by atoms with Gasteiger partial charge in [-0.25, -0.2) is 0 Å². The van der Waals surface area contributed by atoms with E-state index in [0.717, 1.165) is 37.4 Å². The minimum absolute atomic E-state index is 0.0317. The number of benzene rings is 3. The van der Waals surface area contributed by atoms with Crippen molar-refractivity contribution in [1.29, 1.82) is 0 Å². The molecule has 4 heteroatoms. The van der Waals surface area contributed by atoms with Gasteiger partial charge in [0.2, 0.25) is 5.91 Å². The maximum Gasteiger partial charge on any atom is 0.228 e. The summed E-state index contributed by atoms with van der Waals surface area (Å²) in [6.07, 6.45) is 1.84. The zero-order chi connectivity index (χ0) is 20.8. The molecule has 3 aromatic rings. The van der Waals surface area contributed by atoms with Gasteiger partial charge in [-0.3, -0.25) is 9.69 Å². The highest BCUT2D eigenvalue weighted by atomic mass is 16.5. The number of carbonyl (C=O) groups excluding carboxylic acids is 1. The monoisotopic (exact) mass is 400 g/mol. The Hall–Kier alpha value is -3.11. The summed E-state index contributed by atoms with van der Waals surface area (Å²) in [7, 11) is 1.69. The number of hydrogen-bond acceptors (Lipinski definition) is 3. The second-order valence-corrected chi connectivity index (χ2v) is 7.84. The fourth-order valence-electron chi connectivity index (χ4n) is 4.26. The topological polar surface area (TPSA) is 41.6 Å². The van der Waals surface area contributed by atoms with Crippen molar-refractivity contribution < 1.29 is 9.53 Å². The van der Waals surface area contributed by atoms with Gasteiger partial charge >= 0.3 is 0 Å². The van der Waals surface area contributed by atoms with Crippen LogP contribution < -0.4 is 10.1 Å².